The van der Waals surface area contributed by atoms with Crippen LogP contribution in [0.25, 0.3) is 10.9 Å². The van der Waals surface area contributed by atoms with Crippen molar-refractivity contribution in [3.8, 4) is 0 Å². The first kappa shape index (κ1) is 15.3. The Balaban J connectivity index is 2.17. The Hall–Kier alpha value is -2.60. The number of amides is 1. The van der Waals surface area contributed by atoms with Gasteiger partial charge in [-0.3, -0.25) is 4.79 Å². The van der Waals surface area contributed by atoms with Gasteiger partial charge >= 0.3 is 0 Å². The van der Waals surface area contributed by atoms with Crippen LogP contribution < -0.4 is 5.73 Å². The summed E-state index contributed by atoms with van der Waals surface area (Å²) < 4.78 is 27.0. The highest BCUT2D eigenvalue weighted by Crippen LogP contribution is 2.26. The van der Waals surface area contributed by atoms with E-state index in [1.165, 1.54) is 3.97 Å². The van der Waals surface area contributed by atoms with Crippen molar-refractivity contribution in [2.45, 2.75) is 17.7 Å². The van der Waals surface area contributed by atoms with Crippen LogP contribution in [0.4, 0.5) is 0 Å². The maximum atomic E-state index is 12.9. The van der Waals surface area contributed by atoms with Gasteiger partial charge in [0.1, 0.15) is 0 Å². The molecule has 5 nitrogen and oxygen atoms in total. The van der Waals surface area contributed by atoms with Crippen LogP contribution >= 0.6 is 0 Å². The third-order valence-electron chi connectivity index (χ3n) is 3.70. The van der Waals surface area contributed by atoms with Crippen molar-refractivity contribution in [1.29, 1.82) is 0 Å². The Bertz CT molecular complexity index is 960. The fourth-order valence-electron chi connectivity index (χ4n) is 2.58. The molecule has 2 aromatic carbocycles. The minimum absolute atomic E-state index is 0.180. The molecule has 23 heavy (non-hydrogen) atoms. The van der Waals surface area contributed by atoms with E-state index >= 15 is 0 Å². The van der Waals surface area contributed by atoms with Gasteiger partial charge in [0, 0.05) is 18.0 Å². The van der Waals surface area contributed by atoms with Gasteiger partial charge in [0.25, 0.3) is 10.0 Å². The van der Waals surface area contributed by atoms with Gasteiger partial charge in [-0.25, -0.2) is 12.4 Å². The van der Waals surface area contributed by atoms with Gasteiger partial charge in [0.05, 0.1) is 10.4 Å². The van der Waals surface area contributed by atoms with E-state index in [9.17, 15) is 13.2 Å². The van der Waals surface area contributed by atoms with Gasteiger partial charge in [0.15, 0.2) is 0 Å². The standard InChI is InChI=1S/C17H16N2O3S/c18-17(20)11-10-13-12-19(16-9-5-4-8-15(13)16)23(21,22)14-6-2-1-3-7-14/h1-9,12H,10-11H2,(H2,18,20). The molecule has 3 rings (SSSR count). The number of nitrogens with zero attached hydrogens (tertiary/aromatic N) is 1. The van der Waals surface area contributed by atoms with Crippen molar-refractivity contribution in [3.63, 3.8) is 0 Å². The number of carbonyl (C=O) groups is 1. The second-order valence-corrected chi connectivity index (χ2v) is 7.07. The zero-order valence-electron chi connectivity index (χ0n) is 12.3. The molecule has 1 amide bonds. The summed E-state index contributed by atoms with van der Waals surface area (Å²) >= 11 is 0. The zero-order chi connectivity index (χ0) is 16.4. The molecule has 0 radical (unpaired) electrons. The molecule has 2 N–H and O–H groups in total. The van der Waals surface area contributed by atoms with Crippen molar-refractivity contribution >= 4 is 26.8 Å². The number of carbonyl (C=O) groups excluding carboxylic acids is 1. The number of aryl methyl sites for hydroxylation is 1. The lowest BCUT2D eigenvalue weighted by atomic mass is 10.1. The van der Waals surface area contributed by atoms with Crippen LogP contribution in [0, 0.1) is 0 Å². The van der Waals surface area contributed by atoms with Crippen LogP contribution in [0.15, 0.2) is 65.7 Å². The summed E-state index contributed by atoms with van der Waals surface area (Å²) in [6.45, 7) is 0. The number of hydrogen-bond acceptors (Lipinski definition) is 3. The second kappa shape index (κ2) is 5.89. The molecule has 118 valence electrons. The number of rotatable bonds is 5. The fraction of sp³-hybridized carbons (Fsp3) is 0.118. The summed E-state index contributed by atoms with van der Waals surface area (Å²) in [6.07, 6.45) is 2.17. The molecule has 0 aliphatic rings. The Morgan fingerprint density at radius 1 is 1.00 bits per heavy atom. The summed E-state index contributed by atoms with van der Waals surface area (Å²) in [6, 6.07) is 15.5. The molecule has 0 bridgehead atoms. The Morgan fingerprint density at radius 3 is 2.35 bits per heavy atom. The van der Waals surface area contributed by atoms with Gasteiger partial charge in [-0.15, -0.1) is 0 Å². The maximum Gasteiger partial charge on any atom is 0.268 e. The van der Waals surface area contributed by atoms with Crippen LogP contribution in [0.2, 0.25) is 0 Å². The minimum Gasteiger partial charge on any atom is -0.370 e. The molecule has 1 heterocycles. The molecule has 1 aromatic heterocycles. The van der Waals surface area contributed by atoms with E-state index in [4.69, 9.17) is 5.73 Å². The van der Waals surface area contributed by atoms with Crippen LogP contribution in [-0.2, 0) is 21.2 Å². The molecule has 0 aliphatic heterocycles. The highest BCUT2D eigenvalue weighted by atomic mass is 32.2. The molecule has 0 aliphatic carbocycles. The van der Waals surface area contributed by atoms with Gasteiger partial charge in [-0.05, 0) is 30.2 Å². The molecule has 0 saturated carbocycles. The molecule has 0 spiro atoms. The smallest absolute Gasteiger partial charge is 0.268 e. The first-order chi connectivity index (χ1) is 11.0. The number of hydrogen-bond donors (Lipinski definition) is 1. The SMILES string of the molecule is NC(=O)CCc1cn(S(=O)(=O)c2ccccc2)c2ccccc12. The van der Waals surface area contributed by atoms with Crippen LogP contribution in [0.3, 0.4) is 0 Å². The molecule has 3 aromatic rings. The van der Waals surface area contributed by atoms with Crippen LogP contribution in [0.1, 0.15) is 12.0 Å². The van der Waals surface area contributed by atoms with E-state index in [1.54, 1.807) is 48.7 Å². The van der Waals surface area contributed by atoms with Crippen molar-refractivity contribution in [1.82, 2.24) is 3.97 Å². The van der Waals surface area contributed by atoms with E-state index in [-0.39, 0.29) is 11.3 Å². The molecule has 6 heteroatoms. The monoisotopic (exact) mass is 328 g/mol. The van der Waals surface area contributed by atoms with E-state index in [1.807, 2.05) is 12.1 Å². The van der Waals surface area contributed by atoms with Crippen molar-refractivity contribution in [3.05, 3.63) is 66.4 Å². The summed E-state index contributed by atoms with van der Waals surface area (Å²) in [7, 11) is -3.68. The number of para-hydroxylation sites is 1. The predicted octanol–water partition coefficient (Wildman–Crippen LogP) is 2.30. The summed E-state index contributed by atoms with van der Waals surface area (Å²) in [5.74, 6) is -0.409. The molecule has 0 fully saturated rings. The first-order valence-electron chi connectivity index (χ1n) is 7.18. The topological polar surface area (TPSA) is 82.2 Å². The normalized spacial score (nSPS) is 11.7. The van der Waals surface area contributed by atoms with E-state index in [2.05, 4.69) is 0 Å². The third-order valence-corrected chi connectivity index (χ3v) is 5.39. The van der Waals surface area contributed by atoms with E-state index in [0.717, 1.165) is 10.9 Å². The molecular formula is C17H16N2O3S. The zero-order valence-corrected chi connectivity index (χ0v) is 13.2. The Kier molecular flexibility index (Phi) is 3.92. The number of benzene rings is 2. The highest BCUT2D eigenvalue weighted by molar-refractivity contribution is 7.90. The summed E-state index contributed by atoms with van der Waals surface area (Å²) in [5.41, 5.74) is 6.59. The Morgan fingerprint density at radius 2 is 1.65 bits per heavy atom. The molecule has 0 unspecified atom stereocenters. The lowest BCUT2D eigenvalue weighted by molar-refractivity contribution is -0.117. The molecule has 0 atom stereocenters. The summed E-state index contributed by atoms with van der Waals surface area (Å²) in [5, 5.41) is 0.813. The summed E-state index contributed by atoms with van der Waals surface area (Å²) in [4.78, 5) is 11.3. The predicted molar refractivity (Wildman–Crippen MR) is 88.5 cm³/mol. The number of aromatic nitrogens is 1. The lowest BCUT2D eigenvalue weighted by Crippen LogP contribution is -2.12. The number of fused-ring (bicyclic) bond motifs is 1. The quantitative estimate of drug-likeness (QED) is 0.780. The van der Waals surface area contributed by atoms with Crippen molar-refractivity contribution in [2.24, 2.45) is 5.73 Å². The maximum absolute atomic E-state index is 12.9. The lowest BCUT2D eigenvalue weighted by Gasteiger charge is -2.07. The van der Waals surface area contributed by atoms with Crippen LogP contribution in [0.5, 0.6) is 0 Å². The molecular weight excluding hydrogens is 312 g/mol. The van der Waals surface area contributed by atoms with Crippen molar-refractivity contribution < 1.29 is 13.2 Å². The first-order valence-corrected chi connectivity index (χ1v) is 8.62. The average Bonchev–Trinajstić information content (AvgIpc) is 2.93. The molecule has 0 saturated heterocycles. The van der Waals surface area contributed by atoms with Crippen LogP contribution in [-0.4, -0.2) is 18.3 Å². The largest absolute Gasteiger partial charge is 0.370 e. The second-order valence-electron chi connectivity index (χ2n) is 5.25. The average molecular weight is 328 g/mol. The van der Waals surface area contributed by atoms with Gasteiger partial charge < -0.3 is 5.73 Å². The highest BCUT2D eigenvalue weighted by Gasteiger charge is 2.20. The van der Waals surface area contributed by atoms with Gasteiger partial charge in [-0.2, -0.15) is 0 Å². The number of primary amides is 1. The van der Waals surface area contributed by atoms with E-state index < -0.39 is 15.9 Å². The number of nitrogens with two attached hydrogens (primary N) is 1. The third kappa shape index (κ3) is 2.85. The minimum atomic E-state index is -3.68. The van der Waals surface area contributed by atoms with E-state index in [0.29, 0.717) is 11.9 Å². The Labute approximate surface area is 134 Å². The fourth-order valence-corrected chi connectivity index (χ4v) is 3.99. The van der Waals surface area contributed by atoms with Gasteiger partial charge in [0.2, 0.25) is 5.91 Å². The van der Waals surface area contributed by atoms with Gasteiger partial charge in [-0.1, -0.05) is 36.4 Å². The van der Waals surface area contributed by atoms with Crippen molar-refractivity contribution in [2.75, 3.05) is 0 Å².